The maximum atomic E-state index is 13.5. The monoisotopic (exact) mass is 465 g/mol. The van der Waals surface area contributed by atoms with Gasteiger partial charge in [0.1, 0.15) is 17.6 Å². The smallest absolute Gasteiger partial charge is 0.252 e. The molecular formula is C23H19N3O6S. The number of furan rings is 1. The second-order valence-electron chi connectivity index (χ2n) is 7.25. The highest BCUT2D eigenvalue weighted by atomic mass is 32.2. The molecule has 0 radical (unpaired) electrons. The van der Waals surface area contributed by atoms with Gasteiger partial charge in [-0.15, -0.1) is 0 Å². The van der Waals surface area contributed by atoms with Crippen molar-refractivity contribution >= 4 is 27.5 Å². The van der Waals surface area contributed by atoms with Crippen LogP contribution >= 0.6 is 0 Å². The molecule has 1 atom stereocenters. The number of imide groups is 1. The Hall–Kier alpha value is -3.94. The van der Waals surface area contributed by atoms with Crippen LogP contribution < -0.4 is 9.64 Å². The second-order valence-corrected chi connectivity index (χ2v) is 9.14. The Balaban J connectivity index is 1.71. The van der Waals surface area contributed by atoms with E-state index in [1.54, 1.807) is 12.1 Å². The molecule has 2 amide bonds. The molecule has 1 saturated heterocycles. The lowest BCUT2D eigenvalue weighted by molar-refractivity contribution is -0.122. The molecule has 0 aliphatic carbocycles. The molecule has 0 spiro atoms. The first kappa shape index (κ1) is 22.3. The topological polar surface area (TPSA) is 121 Å². The number of hydrogen-bond donors (Lipinski definition) is 0. The summed E-state index contributed by atoms with van der Waals surface area (Å²) in [5.41, 5.74) is 0.641. The highest BCUT2D eigenvalue weighted by molar-refractivity contribution is 7.89. The molecule has 2 aromatic carbocycles. The second kappa shape index (κ2) is 8.90. The lowest BCUT2D eigenvalue weighted by atomic mass is 10.2. The van der Waals surface area contributed by atoms with Crippen molar-refractivity contribution < 1.29 is 27.2 Å². The first-order chi connectivity index (χ1) is 15.8. The molecule has 168 valence electrons. The summed E-state index contributed by atoms with van der Waals surface area (Å²) < 4.78 is 38.5. The number of rotatable bonds is 7. The molecule has 4 rings (SSSR count). The molecule has 1 aliphatic rings. The highest BCUT2D eigenvalue weighted by Gasteiger charge is 2.47. The quantitative estimate of drug-likeness (QED) is 0.492. The Labute approximate surface area is 190 Å². The zero-order valence-electron chi connectivity index (χ0n) is 17.5. The SMILES string of the molecule is COc1ccc(S(=O)(=O)N(Cc2ccco2)C2CC(=O)N(c3ccc(C#N)cc3)C2=O)cc1. The van der Waals surface area contributed by atoms with Crippen molar-refractivity contribution in [1.82, 2.24) is 4.31 Å². The van der Waals surface area contributed by atoms with E-state index in [0.29, 0.717) is 17.1 Å². The zero-order valence-corrected chi connectivity index (χ0v) is 18.4. The van der Waals surface area contributed by atoms with Crippen LogP contribution in [0.1, 0.15) is 17.7 Å². The zero-order chi connectivity index (χ0) is 23.6. The minimum Gasteiger partial charge on any atom is -0.497 e. The van der Waals surface area contributed by atoms with Gasteiger partial charge in [0.2, 0.25) is 15.9 Å². The molecule has 33 heavy (non-hydrogen) atoms. The third kappa shape index (κ3) is 4.24. The van der Waals surface area contributed by atoms with Gasteiger partial charge < -0.3 is 9.15 Å². The molecule has 0 N–H and O–H groups in total. The number of carbonyl (C=O) groups excluding carboxylic acids is 2. The Morgan fingerprint density at radius 2 is 1.82 bits per heavy atom. The number of sulfonamides is 1. The number of anilines is 1. The summed E-state index contributed by atoms with van der Waals surface area (Å²) in [5.74, 6) is -0.410. The van der Waals surface area contributed by atoms with Crippen LogP contribution in [0, 0.1) is 11.3 Å². The minimum atomic E-state index is -4.18. The van der Waals surface area contributed by atoms with Crippen LogP contribution in [0.4, 0.5) is 5.69 Å². The normalized spacial score (nSPS) is 16.3. The Morgan fingerprint density at radius 1 is 1.12 bits per heavy atom. The fraction of sp³-hybridized carbons (Fsp3) is 0.174. The lowest BCUT2D eigenvalue weighted by Gasteiger charge is -2.26. The molecule has 1 aliphatic heterocycles. The predicted molar refractivity (Wildman–Crippen MR) is 116 cm³/mol. The van der Waals surface area contributed by atoms with Crippen molar-refractivity contribution in [2.75, 3.05) is 12.0 Å². The molecule has 9 nitrogen and oxygen atoms in total. The largest absolute Gasteiger partial charge is 0.497 e. The fourth-order valence-corrected chi connectivity index (χ4v) is 5.15. The molecular weight excluding hydrogens is 446 g/mol. The van der Waals surface area contributed by atoms with E-state index >= 15 is 0 Å². The lowest BCUT2D eigenvalue weighted by Crippen LogP contribution is -2.45. The first-order valence-electron chi connectivity index (χ1n) is 9.90. The third-order valence-electron chi connectivity index (χ3n) is 5.28. The van der Waals surface area contributed by atoms with Crippen molar-refractivity contribution in [3.63, 3.8) is 0 Å². The van der Waals surface area contributed by atoms with E-state index in [0.717, 1.165) is 9.21 Å². The van der Waals surface area contributed by atoms with E-state index in [2.05, 4.69) is 0 Å². The summed E-state index contributed by atoms with van der Waals surface area (Å²) in [6.07, 6.45) is 1.08. The molecule has 1 fully saturated rings. The van der Waals surface area contributed by atoms with Gasteiger partial charge in [0.05, 0.1) is 48.6 Å². The van der Waals surface area contributed by atoms with Crippen LogP contribution in [0.5, 0.6) is 5.75 Å². The van der Waals surface area contributed by atoms with Crippen molar-refractivity contribution in [3.8, 4) is 11.8 Å². The number of nitriles is 1. The van der Waals surface area contributed by atoms with E-state index in [9.17, 15) is 18.0 Å². The standard InChI is InChI=1S/C23H19N3O6S/c1-31-18-8-10-20(11-9-18)33(29,30)25(15-19-3-2-12-32-19)21-13-22(27)26(23(21)28)17-6-4-16(14-24)5-7-17/h2-12,21H,13,15H2,1H3. The van der Waals surface area contributed by atoms with Gasteiger partial charge in [-0.05, 0) is 60.7 Å². The number of methoxy groups -OCH3 is 1. The van der Waals surface area contributed by atoms with E-state index < -0.39 is 27.9 Å². The van der Waals surface area contributed by atoms with Gasteiger partial charge in [-0.3, -0.25) is 9.59 Å². The maximum absolute atomic E-state index is 13.5. The van der Waals surface area contributed by atoms with Crippen molar-refractivity contribution in [2.45, 2.75) is 23.9 Å². The average molecular weight is 465 g/mol. The summed E-state index contributed by atoms with van der Waals surface area (Å²) >= 11 is 0. The molecule has 1 aromatic heterocycles. The number of ether oxygens (including phenoxy) is 1. The Bertz CT molecular complexity index is 1310. The molecule has 0 saturated carbocycles. The fourth-order valence-electron chi connectivity index (χ4n) is 3.60. The van der Waals surface area contributed by atoms with Crippen LogP contribution in [0.25, 0.3) is 0 Å². The third-order valence-corrected chi connectivity index (χ3v) is 7.15. The molecule has 1 unspecified atom stereocenters. The molecule has 10 heteroatoms. The number of benzene rings is 2. The van der Waals surface area contributed by atoms with Gasteiger partial charge >= 0.3 is 0 Å². The van der Waals surface area contributed by atoms with E-state index in [1.165, 1.54) is 61.9 Å². The van der Waals surface area contributed by atoms with Crippen molar-refractivity contribution in [3.05, 3.63) is 78.3 Å². The van der Waals surface area contributed by atoms with Crippen LogP contribution in [-0.4, -0.2) is 37.7 Å². The average Bonchev–Trinajstić information content (AvgIpc) is 3.45. The number of carbonyl (C=O) groups is 2. The van der Waals surface area contributed by atoms with Gasteiger partial charge in [-0.25, -0.2) is 13.3 Å². The summed E-state index contributed by atoms with van der Waals surface area (Å²) in [4.78, 5) is 27.0. The van der Waals surface area contributed by atoms with Crippen LogP contribution in [0.2, 0.25) is 0 Å². The number of amides is 2. The van der Waals surface area contributed by atoms with E-state index in [-0.39, 0.29) is 23.5 Å². The predicted octanol–water partition coefficient (Wildman–Crippen LogP) is 2.68. The van der Waals surface area contributed by atoms with Crippen molar-refractivity contribution in [1.29, 1.82) is 5.26 Å². The molecule has 2 heterocycles. The Morgan fingerprint density at radius 3 is 2.39 bits per heavy atom. The van der Waals surface area contributed by atoms with E-state index in [1.807, 2.05) is 6.07 Å². The van der Waals surface area contributed by atoms with E-state index in [4.69, 9.17) is 14.4 Å². The van der Waals surface area contributed by atoms with Gasteiger partial charge in [0.15, 0.2) is 0 Å². The summed E-state index contributed by atoms with van der Waals surface area (Å²) in [6.45, 7) is -0.230. The number of nitrogens with zero attached hydrogens (tertiary/aromatic N) is 3. The van der Waals surface area contributed by atoms with Crippen molar-refractivity contribution in [2.24, 2.45) is 0 Å². The molecule has 3 aromatic rings. The Kier molecular flexibility index (Phi) is 6.00. The van der Waals surface area contributed by atoms with Crippen LogP contribution in [0.3, 0.4) is 0 Å². The van der Waals surface area contributed by atoms with Gasteiger partial charge in [0, 0.05) is 0 Å². The van der Waals surface area contributed by atoms with Crippen LogP contribution in [0.15, 0.2) is 76.2 Å². The molecule has 0 bridgehead atoms. The summed E-state index contributed by atoms with van der Waals surface area (Å²) in [5, 5.41) is 8.98. The summed E-state index contributed by atoms with van der Waals surface area (Å²) in [6, 6.07) is 15.6. The van der Waals surface area contributed by atoms with Gasteiger partial charge in [0.25, 0.3) is 5.91 Å². The first-order valence-corrected chi connectivity index (χ1v) is 11.3. The maximum Gasteiger partial charge on any atom is 0.252 e. The van der Waals surface area contributed by atoms with Gasteiger partial charge in [-0.1, -0.05) is 0 Å². The van der Waals surface area contributed by atoms with Crippen LogP contribution in [-0.2, 0) is 26.2 Å². The highest BCUT2D eigenvalue weighted by Crippen LogP contribution is 2.31. The van der Waals surface area contributed by atoms with Gasteiger partial charge in [-0.2, -0.15) is 9.57 Å². The summed E-state index contributed by atoms with van der Waals surface area (Å²) in [7, 11) is -2.72. The number of hydrogen-bond acceptors (Lipinski definition) is 7. The minimum absolute atomic E-state index is 0.0491.